The monoisotopic (exact) mass is 159 g/mol. The van der Waals surface area contributed by atoms with Crippen LogP contribution in [0.5, 0.6) is 0 Å². The van der Waals surface area contributed by atoms with Gasteiger partial charge in [-0.05, 0) is 18.6 Å². The molecule has 0 aliphatic rings. The standard InChI is InChI=1S/C10H9NO/c1-8-6-7-11(12)10-5-3-2-4-9(8)10/h2-7H,1H3. The molecular formula is C10H9NO. The molecule has 0 bridgehead atoms. The Morgan fingerprint density at radius 1 is 1.17 bits per heavy atom. The number of nitrogens with zero attached hydrogens (tertiary/aromatic N) is 1. The van der Waals surface area contributed by atoms with Gasteiger partial charge in [-0.15, -0.1) is 0 Å². The fourth-order valence-electron chi connectivity index (χ4n) is 1.35. The van der Waals surface area contributed by atoms with Crippen molar-refractivity contribution in [3.8, 4) is 0 Å². The second kappa shape index (κ2) is 2.48. The number of hydrogen-bond donors (Lipinski definition) is 0. The first kappa shape index (κ1) is 7.10. The van der Waals surface area contributed by atoms with E-state index in [1.165, 1.54) is 6.20 Å². The van der Waals surface area contributed by atoms with Gasteiger partial charge in [-0.3, -0.25) is 0 Å². The number of rotatable bonds is 0. The van der Waals surface area contributed by atoms with Crippen LogP contribution in [0, 0.1) is 12.1 Å². The van der Waals surface area contributed by atoms with Crippen molar-refractivity contribution >= 4 is 10.9 Å². The second-order valence-corrected chi connectivity index (χ2v) is 2.84. The molecule has 1 heterocycles. The van der Waals surface area contributed by atoms with Gasteiger partial charge in [0.1, 0.15) is 0 Å². The van der Waals surface area contributed by atoms with Gasteiger partial charge in [0, 0.05) is 12.1 Å². The minimum absolute atomic E-state index is 0.734. The third-order valence-corrected chi connectivity index (χ3v) is 2.03. The molecule has 0 radical (unpaired) electrons. The van der Waals surface area contributed by atoms with Crippen LogP contribution in [0.25, 0.3) is 10.9 Å². The van der Waals surface area contributed by atoms with Crippen molar-refractivity contribution in [3.05, 3.63) is 47.3 Å². The smallest absolute Gasteiger partial charge is 0.223 e. The Kier molecular flexibility index (Phi) is 1.47. The van der Waals surface area contributed by atoms with Crippen LogP contribution in [0.2, 0.25) is 0 Å². The minimum Gasteiger partial charge on any atom is -0.618 e. The molecule has 0 N–H and O–H groups in total. The molecule has 2 heteroatoms. The number of aromatic nitrogens is 1. The SMILES string of the molecule is Cc1cc[n+]([O-])c2ccccc12. The Bertz CT molecular complexity index is 383. The zero-order valence-corrected chi connectivity index (χ0v) is 6.82. The lowest BCUT2D eigenvalue weighted by Crippen LogP contribution is -2.26. The lowest BCUT2D eigenvalue weighted by Gasteiger charge is -2.02. The molecule has 0 unspecified atom stereocenters. The van der Waals surface area contributed by atoms with E-state index in [0.717, 1.165) is 21.2 Å². The topological polar surface area (TPSA) is 26.9 Å². The fourth-order valence-corrected chi connectivity index (χ4v) is 1.35. The van der Waals surface area contributed by atoms with E-state index in [-0.39, 0.29) is 0 Å². The van der Waals surface area contributed by atoms with Gasteiger partial charge >= 0.3 is 0 Å². The third-order valence-electron chi connectivity index (χ3n) is 2.03. The first-order valence-corrected chi connectivity index (χ1v) is 3.86. The molecule has 1 aromatic heterocycles. The number of aryl methyl sites for hydroxylation is 1. The van der Waals surface area contributed by atoms with Crippen LogP contribution in [0.1, 0.15) is 5.56 Å². The van der Waals surface area contributed by atoms with Crippen LogP contribution in [0.3, 0.4) is 0 Å². The van der Waals surface area contributed by atoms with Crippen molar-refractivity contribution in [1.29, 1.82) is 0 Å². The van der Waals surface area contributed by atoms with Gasteiger partial charge in [0.2, 0.25) is 5.52 Å². The highest BCUT2D eigenvalue weighted by molar-refractivity contribution is 5.78. The number of pyridine rings is 1. The molecule has 0 saturated carbocycles. The molecule has 1 aromatic carbocycles. The second-order valence-electron chi connectivity index (χ2n) is 2.84. The van der Waals surface area contributed by atoms with Crippen molar-refractivity contribution in [2.45, 2.75) is 6.92 Å². The van der Waals surface area contributed by atoms with Crippen LogP contribution < -0.4 is 4.73 Å². The molecule has 0 amide bonds. The lowest BCUT2D eigenvalue weighted by atomic mass is 10.1. The van der Waals surface area contributed by atoms with Gasteiger partial charge in [0.05, 0.1) is 5.39 Å². The van der Waals surface area contributed by atoms with E-state index in [4.69, 9.17) is 0 Å². The summed E-state index contributed by atoms with van der Waals surface area (Å²) in [4.78, 5) is 0. The molecule has 0 atom stereocenters. The summed E-state index contributed by atoms with van der Waals surface area (Å²) in [6.45, 7) is 2.00. The zero-order valence-electron chi connectivity index (χ0n) is 6.82. The summed E-state index contributed by atoms with van der Waals surface area (Å²) in [6, 6.07) is 9.43. The Hall–Kier alpha value is -1.57. The summed E-state index contributed by atoms with van der Waals surface area (Å²) in [6.07, 6.45) is 1.54. The van der Waals surface area contributed by atoms with Crippen LogP contribution in [0.4, 0.5) is 0 Å². The van der Waals surface area contributed by atoms with Crippen molar-refractivity contribution < 1.29 is 4.73 Å². The number of hydrogen-bond acceptors (Lipinski definition) is 1. The normalized spacial score (nSPS) is 10.4. The van der Waals surface area contributed by atoms with E-state index < -0.39 is 0 Å². The number of fused-ring (bicyclic) bond motifs is 1. The first-order chi connectivity index (χ1) is 5.79. The van der Waals surface area contributed by atoms with E-state index in [1.54, 1.807) is 0 Å². The summed E-state index contributed by atoms with van der Waals surface area (Å²) in [5, 5.41) is 12.3. The molecule has 0 saturated heterocycles. The van der Waals surface area contributed by atoms with Gasteiger partial charge in [-0.25, -0.2) is 0 Å². The predicted octanol–water partition coefficient (Wildman–Crippen LogP) is 1.78. The van der Waals surface area contributed by atoms with E-state index >= 15 is 0 Å². The highest BCUT2D eigenvalue weighted by Crippen LogP contribution is 2.12. The predicted molar refractivity (Wildman–Crippen MR) is 47.6 cm³/mol. The van der Waals surface area contributed by atoms with E-state index in [9.17, 15) is 5.21 Å². The summed E-state index contributed by atoms with van der Waals surface area (Å²) < 4.78 is 0.891. The van der Waals surface area contributed by atoms with Crippen molar-refractivity contribution in [2.24, 2.45) is 0 Å². The first-order valence-electron chi connectivity index (χ1n) is 3.86. The molecule has 0 aliphatic heterocycles. The molecule has 2 aromatic rings. The van der Waals surface area contributed by atoms with Crippen molar-refractivity contribution in [3.63, 3.8) is 0 Å². The highest BCUT2D eigenvalue weighted by Gasteiger charge is 2.02. The van der Waals surface area contributed by atoms with Gasteiger partial charge < -0.3 is 5.21 Å². The average Bonchev–Trinajstić information content (AvgIpc) is 2.12. The van der Waals surface area contributed by atoms with Crippen molar-refractivity contribution in [2.75, 3.05) is 0 Å². The van der Waals surface area contributed by atoms with Crippen molar-refractivity contribution in [1.82, 2.24) is 0 Å². The van der Waals surface area contributed by atoms with Crippen LogP contribution >= 0.6 is 0 Å². The molecular weight excluding hydrogens is 150 g/mol. The summed E-state index contributed by atoms with van der Waals surface area (Å²) in [5.41, 5.74) is 1.87. The quantitative estimate of drug-likeness (QED) is 0.425. The largest absolute Gasteiger partial charge is 0.618 e. The Balaban J connectivity index is 2.95. The lowest BCUT2D eigenvalue weighted by molar-refractivity contribution is -0.577. The average molecular weight is 159 g/mol. The maximum atomic E-state index is 11.2. The molecule has 60 valence electrons. The van der Waals surface area contributed by atoms with E-state index in [1.807, 2.05) is 37.3 Å². The molecule has 0 fully saturated rings. The van der Waals surface area contributed by atoms with Crippen LogP contribution in [-0.4, -0.2) is 0 Å². The summed E-state index contributed by atoms with van der Waals surface area (Å²) in [5.74, 6) is 0. The fraction of sp³-hybridized carbons (Fsp3) is 0.100. The van der Waals surface area contributed by atoms with Gasteiger partial charge in [0.25, 0.3) is 0 Å². The third kappa shape index (κ3) is 0.925. The van der Waals surface area contributed by atoms with Gasteiger partial charge in [-0.1, -0.05) is 12.1 Å². The van der Waals surface area contributed by atoms with Crippen LogP contribution in [0.15, 0.2) is 36.5 Å². The Morgan fingerprint density at radius 2 is 1.92 bits per heavy atom. The Labute approximate surface area is 70.7 Å². The summed E-state index contributed by atoms with van der Waals surface area (Å²) in [7, 11) is 0. The summed E-state index contributed by atoms with van der Waals surface area (Å²) >= 11 is 0. The minimum atomic E-state index is 0.734. The molecule has 12 heavy (non-hydrogen) atoms. The number of benzene rings is 1. The zero-order chi connectivity index (χ0) is 8.55. The molecule has 0 spiro atoms. The number of para-hydroxylation sites is 1. The van der Waals surface area contributed by atoms with E-state index in [0.29, 0.717) is 0 Å². The van der Waals surface area contributed by atoms with Gasteiger partial charge in [-0.2, -0.15) is 4.73 Å². The Morgan fingerprint density at radius 3 is 2.67 bits per heavy atom. The molecule has 2 nitrogen and oxygen atoms in total. The maximum absolute atomic E-state index is 11.2. The maximum Gasteiger partial charge on any atom is 0.223 e. The highest BCUT2D eigenvalue weighted by atomic mass is 16.5. The molecule has 2 rings (SSSR count). The van der Waals surface area contributed by atoms with E-state index in [2.05, 4.69) is 0 Å². The van der Waals surface area contributed by atoms with Crippen LogP contribution in [-0.2, 0) is 0 Å². The molecule has 0 aliphatic carbocycles. The van der Waals surface area contributed by atoms with Gasteiger partial charge in [0.15, 0.2) is 6.20 Å².